The second kappa shape index (κ2) is 4.65. The zero-order chi connectivity index (χ0) is 10.8. The lowest BCUT2D eigenvalue weighted by atomic mass is 9.77. The molecule has 14 heavy (non-hydrogen) atoms. The molecule has 0 aliphatic heterocycles. The van der Waals surface area contributed by atoms with Gasteiger partial charge in [-0.25, -0.2) is 0 Å². The molecule has 0 aromatic heterocycles. The minimum atomic E-state index is 0.417. The van der Waals surface area contributed by atoms with Gasteiger partial charge < -0.3 is 5.32 Å². The van der Waals surface area contributed by atoms with Crippen molar-refractivity contribution in [3.8, 4) is 0 Å². The normalized spacial score (nSPS) is 34.5. The van der Waals surface area contributed by atoms with Crippen molar-refractivity contribution in [1.29, 1.82) is 0 Å². The largest absolute Gasteiger partial charge is 0.313 e. The summed E-state index contributed by atoms with van der Waals surface area (Å²) in [5.74, 6) is 1.76. The number of hydrogen-bond acceptors (Lipinski definition) is 1. The van der Waals surface area contributed by atoms with Crippen LogP contribution < -0.4 is 5.32 Å². The topological polar surface area (TPSA) is 12.0 Å². The van der Waals surface area contributed by atoms with Gasteiger partial charge in [0.15, 0.2) is 0 Å². The van der Waals surface area contributed by atoms with E-state index in [9.17, 15) is 0 Å². The van der Waals surface area contributed by atoms with E-state index in [1.807, 2.05) is 0 Å². The van der Waals surface area contributed by atoms with E-state index < -0.39 is 0 Å². The zero-order valence-electron chi connectivity index (χ0n) is 10.6. The van der Waals surface area contributed by atoms with Crippen molar-refractivity contribution in [2.45, 2.75) is 59.9 Å². The molecule has 0 amide bonds. The van der Waals surface area contributed by atoms with E-state index in [0.29, 0.717) is 5.41 Å². The smallest absolute Gasteiger partial charge is 0.00954 e. The Hall–Kier alpha value is -0.0400. The lowest BCUT2D eigenvalue weighted by Crippen LogP contribution is -2.43. The quantitative estimate of drug-likeness (QED) is 0.715. The van der Waals surface area contributed by atoms with Crippen LogP contribution in [-0.2, 0) is 0 Å². The summed E-state index contributed by atoms with van der Waals surface area (Å²) in [6.45, 7) is 12.9. The van der Waals surface area contributed by atoms with E-state index >= 15 is 0 Å². The van der Waals surface area contributed by atoms with Crippen molar-refractivity contribution in [2.75, 3.05) is 6.54 Å². The standard InChI is InChI=1S/C13H27N/c1-10-7-6-8-12(11(10)2)14-9-13(3,4)5/h10-12,14H,6-9H2,1-5H3/t10-,11-,12-/m1/s1. The Balaban J connectivity index is 2.36. The van der Waals surface area contributed by atoms with Gasteiger partial charge in [0.2, 0.25) is 0 Å². The molecule has 3 atom stereocenters. The maximum Gasteiger partial charge on any atom is 0.00954 e. The maximum absolute atomic E-state index is 3.74. The monoisotopic (exact) mass is 197 g/mol. The fourth-order valence-electron chi connectivity index (χ4n) is 2.31. The molecule has 1 aliphatic carbocycles. The van der Waals surface area contributed by atoms with E-state index in [0.717, 1.165) is 24.4 Å². The second-order valence-corrected chi connectivity index (χ2v) is 6.32. The Morgan fingerprint density at radius 1 is 1.14 bits per heavy atom. The van der Waals surface area contributed by atoms with Crippen molar-refractivity contribution in [2.24, 2.45) is 17.3 Å². The third kappa shape index (κ3) is 3.61. The molecule has 1 rings (SSSR count). The lowest BCUT2D eigenvalue weighted by molar-refractivity contribution is 0.192. The third-order valence-corrected chi connectivity index (χ3v) is 3.60. The van der Waals surface area contributed by atoms with E-state index in [1.54, 1.807) is 0 Å². The highest BCUT2D eigenvalue weighted by atomic mass is 14.9. The van der Waals surface area contributed by atoms with Crippen LogP contribution in [0.4, 0.5) is 0 Å². The molecule has 0 radical (unpaired) electrons. The summed E-state index contributed by atoms with van der Waals surface area (Å²) in [6, 6.07) is 0.762. The molecule has 1 heteroatoms. The summed E-state index contributed by atoms with van der Waals surface area (Å²) in [5.41, 5.74) is 0.417. The first kappa shape index (κ1) is 12.0. The van der Waals surface area contributed by atoms with Crippen molar-refractivity contribution < 1.29 is 0 Å². The maximum atomic E-state index is 3.74. The zero-order valence-corrected chi connectivity index (χ0v) is 10.6. The average molecular weight is 197 g/mol. The van der Waals surface area contributed by atoms with Crippen LogP contribution in [0.3, 0.4) is 0 Å². The van der Waals surface area contributed by atoms with Crippen molar-refractivity contribution in [3.63, 3.8) is 0 Å². The Morgan fingerprint density at radius 3 is 2.36 bits per heavy atom. The summed E-state index contributed by atoms with van der Waals surface area (Å²) < 4.78 is 0. The fourth-order valence-corrected chi connectivity index (χ4v) is 2.31. The molecule has 1 aliphatic rings. The first-order chi connectivity index (χ1) is 6.40. The molecule has 1 nitrogen and oxygen atoms in total. The molecule has 0 aromatic rings. The first-order valence-electron chi connectivity index (χ1n) is 6.13. The first-order valence-corrected chi connectivity index (χ1v) is 6.13. The Morgan fingerprint density at radius 2 is 1.79 bits per heavy atom. The molecule has 0 bridgehead atoms. The lowest BCUT2D eigenvalue weighted by Gasteiger charge is -2.36. The van der Waals surface area contributed by atoms with Crippen LogP contribution >= 0.6 is 0 Å². The highest BCUT2D eigenvalue weighted by Gasteiger charge is 2.27. The van der Waals surface area contributed by atoms with Gasteiger partial charge in [-0.1, -0.05) is 47.5 Å². The minimum absolute atomic E-state index is 0.417. The van der Waals surface area contributed by atoms with Gasteiger partial charge in [0, 0.05) is 12.6 Å². The SMILES string of the molecule is C[C@@H]1[C@H](C)CCC[C@H]1NCC(C)(C)C. The molecular weight excluding hydrogens is 170 g/mol. The van der Waals surface area contributed by atoms with Crippen LogP contribution in [0.5, 0.6) is 0 Å². The van der Waals surface area contributed by atoms with E-state index in [-0.39, 0.29) is 0 Å². The van der Waals surface area contributed by atoms with Crippen LogP contribution in [-0.4, -0.2) is 12.6 Å². The number of hydrogen-bond donors (Lipinski definition) is 1. The molecule has 0 heterocycles. The number of nitrogens with one attached hydrogen (secondary N) is 1. The van der Waals surface area contributed by atoms with Gasteiger partial charge >= 0.3 is 0 Å². The molecule has 84 valence electrons. The van der Waals surface area contributed by atoms with Crippen molar-refractivity contribution in [1.82, 2.24) is 5.32 Å². The molecule has 1 N–H and O–H groups in total. The highest BCUT2D eigenvalue weighted by molar-refractivity contribution is 4.83. The summed E-state index contributed by atoms with van der Waals surface area (Å²) in [6.07, 6.45) is 4.21. The van der Waals surface area contributed by atoms with Crippen LogP contribution in [0.2, 0.25) is 0 Å². The van der Waals surface area contributed by atoms with Gasteiger partial charge in [0.25, 0.3) is 0 Å². The predicted molar refractivity (Wildman–Crippen MR) is 63.4 cm³/mol. The van der Waals surface area contributed by atoms with Gasteiger partial charge in [-0.15, -0.1) is 0 Å². The Bertz CT molecular complexity index is 169. The fraction of sp³-hybridized carbons (Fsp3) is 1.00. The summed E-state index contributed by atoms with van der Waals surface area (Å²) in [5, 5.41) is 3.74. The summed E-state index contributed by atoms with van der Waals surface area (Å²) in [4.78, 5) is 0. The minimum Gasteiger partial charge on any atom is -0.313 e. The molecule has 1 fully saturated rings. The van der Waals surface area contributed by atoms with Crippen LogP contribution in [0.25, 0.3) is 0 Å². The average Bonchev–Trinajstić information content (AvgIpc) is 2.06. The van der Waals surface area contributed by atoms with Crippen LogP contribution in [0.1, 0.15) is 53.9 Å². The molecule has 0 unspecified atom stereocenters. The van der Waals surface area contributed by atoms with Gasteiger partial charge in [0.1, 0.15) is 0 Å². The van der Waals surface area contributed by atoms with Crippen molar-refractivity contribution in [3.05, 3.63) is 0 Å². The van der Waals surface area contributed by atoms with E-state index in [4.69, 9.17) is 0 Å². The van der Waals surface area contributed by atoms with Gasteiger partial charge in [0.05, 0.1) is 0 Å². The highest BCUT2D eigenvalue weighted by Crippen LogP contribution is 2.29. The number of rotatable bonds is 2. The molecular formula is C13H27N. The van der Waals surface area contributed by atoms with Crippen LogP contribution in [0, 0.1) is 17.3 Å². The van der Waals surface area contributed by atoms with Gasteiger partial charge in [-0.05, 0) is 23.7 Å². The van der Waals surface area contributed by atoms with Crippen LogP contribution in [0.15, 0.2) is 0 Å². The molecule has 0 aromatic carbocycles. The van der Waals surface area contributed by atoms with E-state index in [2.05, 4.69) is 39.9 Å². The second-order valence-electron chi connectivity index (χ2n) is 6.32. The molecule has 0 spiro atoms. The Kier molecular flexibility index (Phi) is 4.00. The molecule has 1 saturated carbocycles. The Labute approximate surface area is 89.7 Å². The summed E-state index contributed by atoms with van der Waals surface area (Å²) in [7, 11) is 0. The van der Waals surface area contributed by atoms with Gasteiger partial charge in [-0.3, -0.25) is 0 Å². The molecule has 0 saturated heterocycles. The third-order valence-electron chi connectivity index (χ3n) is 3.60. The van der Waals surface area contributed by atoms with E-state index in [1.165, 1.54) is 19.3 Å². The van der Waals surface area contributed by atoms with Gasteiger partial charge in [-0.2, -0.15) is 0 Å². The summed E-state index contributed by atoms with van der Waals surface area (Å²) >= 11 is 0. The predicted octanol–water partition coefficient (Wildman–Crippen LogP) is 3.45. The van der Waals surface area contributed by atoms with Crippen molar-refractivity contribution >= 4 is 0 Å².